The standard InChI is InChI=1S/C55H82N2/c1-5-7-28-54(52-40-38-50(56)42-44(52)3)48-34-30-46(31-35-48)26-24-22-20-18-16-14-12-10-9-11-13-15-17-19-21-23-25-27-47-32-36-49(37-33-47)55(29-8-6-2)53-41-39-51(57)43-45(53)4/h30-43,54-55H,5-29,56-57H2,1-4H3. The Kier molecular flexibility index (Phi) is 22.1. The summed E-state index contributed by atoms with van der Waals surface area (Å²) in [7, 11) is 0. The van der Waals surface area contributed by atoms with Crippen molar-refractivity contribution in [1.29, 1.82) is 0 Å². The Morgan fingerprint density at radius 1 is 0.368 bits per heavy atom. The summed E-state index contributed by atoms with van der Waals surface area (Å²) in [6.45, 7) is 8.99. The highest BCUT2D eigenvalue weighted by atomic mass is 14.5. The van der Waals surface area contributed by atoms with Crippen molar-refractivity contribution in [2.75, 3.05) is 11.5 Å². The first kappa shape index (κ1) is 46.2. The molecule has 2 atom stereocenters. The fourth-order valence-electron chi connectivity index (χ4n) is 9.14. The third kappa shape index (κ3) is 17.1. The molecule has 2 nitrogen and oxygen atoms in total. The number of anilines is 2. The second kappa shape index (κ2) is 27.2. The zero-order chi connectivity index (χ0) is 40.5. The van der Waals surface area contributed by atoms with E-state index in [1.54, 1.807) is 0 Å². The minimum absolute atomic E-state index is 0.466. The molecule has 0 aliphatic heterocycles. The van der Waals surface area contributed by atoms with E-state index in [1.165, 1.54) is 205 Å². The van der Waals surface area contributed by atoms with Gasteiger partial charge in [0.05, 0.1) is 0 Å². The minimum Gasteiger partial charge on any atom is -0.399 e. The first-order chi connectivity index (χ1) is 27.9. The summed E-state index contributed by atoms with van der Waals surface area (Å²) >= 11 is 0. The van der Waals surface area contributed by atoms with Crippen molar-refractivity contribution in [3.8, 4) is 0 Å². The first-order valence-corrected chi connectivity index (χ1v) is 23.8. The Morgan fingerprint density at radius 2 is 0.667 bits per heavy atom. The van der Waals surface area contributed by atoms with Crippen molar-refractivity contribution in [3.63, 3.8) is 0 Å². The molecule has 0 heterocycles. The van der Waals surface area contributed by atoms with Crippen molar-refractivity contribution in [1.82, 2.24) is 0 Å². The SMILES string of the molecule is CCCCC(c1ccc(CCCCCCCCCCCCCCCCCCCc2ccc(C(CCCC)c3ccc(N)cc3C)cc2)cc1)c1ccc(N)cc1C. The van der Waals surface area contributed by atoms with Gasteiger partial charge in [0.1, 0.15) is 0 Å². The lowest BCUT2D eigenvalue weighted by atomic mass is 9.84. The van der Waals surface area contributed by atoms with Gasteiger partial charge in [-0.15, -0.1) is 0 Å². The van der Waals surface area contributed by atoms with Gasteiger partial charge in [-0.3, -0.25) is 0 Å². The summed E-state index contributed by atoms with van der Waals surface area (Å²) < 4.78 is 0. The maximum absolute atomic E-state index is 6.06. The third-order valence-electron chi connectivity index (χ3n) is 12.7. The van der Waals surface area contributed by atoms with Crippen LogP contribution in [0.1, 0.15) is 218 Å². The van der Waals surface area contributed by atoms with Gasteiger partial charge in [0, 0.05) is 23.2 Å². The lowest BCUT2D eigenvalue weighted by Crippen LogP contribution is -2.04. The number of nitrogens with two attached hydrogens (primary N) is 2. The van der Waals surface area contributed by atoms with Crippen molar-refractivity contribution >= 4 is 11.4 Å². The molecule has 2 heteroatoms. The molecular formula is C55H82N2. The summed E-state index contributed by atoms with van der Waals surface area (Å²) in [6.07, 6.45) is 33.7. The number of rotatable bonds is 30. The molecule has 4 aromatic rings. The molecule has 0 saturated carbocycles. The van der Waals surface area contributed by atoms with Crippen molar-refractivity contribution in [2.45, 2.75) is 200 Å². The molecule has 0 amide bonds. The highest BCUT2D eigenvalue weighted by molar-refractivity contribution is 5.49. The normalized spacial score (nSPS) is 12.6. The van der Waals surface area contributed by atoms with Crippen LogP contribution in [0.3, 0.4) is 0 Å². The fraction of sp³-hybridized carbons (Fsp3) is 0.564. The quantitative estimate of drug-likeness (QED) is 0.0410. The van der Waals surface area contributed by atoms with Gasteiger partial charge in [-0.2, -0.15) is 0 Å². The van der Waals surface area contributed by atoms with E-state index >= 15 is 0 Å². The molecule has 0 aromatic heterocycles. The predicted molar refractivity (Wildman–Crippen MR) is 253 cm³/mol. The van der Waals surface area contributed by atoms with E-state index in [-0.39, 0.29) is 0 Å². The van der Waals surface area contributed by atoms with Gasteiger partial charge in [0.2, 0.25) is 0 Å². The van der Waals surface area contributed by atoms with Gasteiger partial charge in [0.25, 0.3) is 0 Å². The summed E-state index contributed by atoms with van der Waals surface area (Å²) in [5, 5.41) is 0. The van der Waals surface area contributed by atoms with Crippen LogP contribution in [0, 0.1) is 13.8 Å². The lowest BCUT2D eigenvalue weighted by molar-refractivity contribution is 0.525. The topological polar surface area (TPSA) is 52.0 Å². The summed E-state index contributed by atoms with van der Waals surface area (Å²) in [5.74, 6) is 0.932. The molecule has 4 rings (SSSR count). The Bertz CT molecular complexity index is 1510. The molecule has 0 saturated heterocycles. The van der Waals surface area contributed by atoms with Crippen LogP contribution in [0.2, 0.25) is 0 Å². The van der Waals surface area contributed by atoms with Crippen LogP contribution >= 0.6 is 0 Å². The molecule has 4 aromatic carbocycles. The van der Waals surface area contributed by atoms with E-state index in [0.717, 1.165) is 11.4 Å². The average molecular weight is 771 g/mol. The molecule has 4 N–H and O–H groups in total. The van der Waals surface area contributed by atoms with Crippen molar-refractivity contribution in [2.24, 2.45) is 0 Å². The highest BCUT2D eigenvalue weighted by Gasteiger charge is 2.17. The molecule has 0 fully saturated rings. The van der Waals surface area contributed by atoms with Gasteiger partial charge < -0.3 is 11.5 Å². The average Bonchev–Trinajstić information content (AvgIpc) is 3.21. The van der Waals surface area contributed by atoms with Gasteiger partial charge in [-0.1, -0.05) is 197 Å². The first-order valence-electron chi connectivity index (χ1n) is 23.8. The van der Waals surface area contributed by atoms with Crippen LogP contribution in [-0.4, -0.2) is 0 Å². The van der Waals surface area contributed by atoms with Crippen LogP contribution < -0.4 is 11.5 Å². The predicted octanol–water partition coefficient (Wildman–Crippen LogP) is 16.5. The fourth-order valence-corrected chi connectivity index (χ4v) is 9.14. The van der Waals surface area contributed by atoms with E-state index in [1.807, 2.05) is 0 Å². The van der Waals surface area contributed by atoms with Crippen LogP contribution in [0.25, 0.3) is 0 Å². The third-order valence-corrected chi connectivity index (χ3v) is 12.7. The summed E-state index contributed by atoms with van der Waals surface area (Å²) in [5.41, 5.74) is 25.2. The number of aryl methyl sites for hydroxylation is 4. The largest absolute Gasteiger partial charge is 0.399 e. The zero-order valence-corrected chi connectivity index (χ0v) is 37.1. The molecule has 57 heavy (non-hydrogen) atoms. The molecule has 0 aliphatic carbocycles. The Morgan fingerprint density at radius 3 is 0.947 bits per heavy atom. The minimum atomic E-state index is 0.466. The van der Waals surface area contributed by atoms with Gasteiger partial charge in [-0.25, -0.2) is 0 Å². The monoisotopic (exact) mass is 771 g/mol. The molecule has 0 spiro atoms. The Hall–Kier alpha value is -3.52. The van der Waals surface area contributed by atoms with Crippen LogP contribution in [0.4, 0.5) is 11.4 Å². The van der Waals surface area contributed by atoms with Crippen LogP contribution in [0.5, 0.6) is 0 Å². The maximum atomic E-state index is 6.06. The maximum Gasteiger partial charge on any atom is 0.0316 e. The molecular weight excluding hydrogens is 689 g/mol. The zero-order valence-electron chi connectivity index (χ0n) is 37.1. The smallest absolute Gasteiger partial charge is 0.0316 e. The number of benzene rings is 4. The Balaban J connectivity index is 0.945. The van der Waals surface area contributed by atoms with E-state index in [2.05, 4.69) is 113 Å². The lowest BCUT2D eigenvalue weighted by Gasteiger charge is -2.21. The molecule has 2 unspecified atom stereocenters. The van der Waals surface area contributed by atoms with Crippen molar-refractivity contribution < 1.29 is 0 Å². The van der Waals surface area contributed by atoms with Crippen LogP contribution in [0.15, 0.2) is 84.9 Å². The van der Waals surface area contributed by atoms with E-state index < -0.39 is 0 Å². The molecule has 0 radical (unpaired) electrons. The summed E-state index contributed by atoms with van der Waals surface area (Å²) in [4.78, 5) is 0. The second-order valence-electron chi connectivity index (χ2n) is 17.6. The highest BCUT2D eigenvalue weighted by Crippen LogP contribution is 2.34. The van der Waals surface area contributed by atoms with E-state index in [4.69, 9.17) is 11.5 Å². The molecule has 0 bridgehead atoms. The number of hydrogen-bond acceptors (Lipinski definition) is 2. The van der Waals surface area contributed by atoms with Gasteiger partial charge in [-0.05, 0) is 121 Å². The number of unbranched alkanes of at least 4 members (excludes halogenated alkanes) is 18. The van der Waals surface area contributed by atoms with Crippen LogP contribution in [-0.2, 0) is 12.8 Å². The van der Waals surface area contributed by atoms with Gasteiger partial charge in [0.15, 0.2) is 0 Å². The van der Waals surface area contributed by atoms with Crippen molar-refractivity contribution in [3.05, 3.63) is 129 Å². The number of nitrogen functional groups attached to an aromatic ring is 2. The van der Waals surface area contributed by atoms with Gasteiger partial charge >= 0.3 is 0 Å². The Labute approximate surface area is 351 Å². The number of hydrogen-bond donors (Lipinski definition) is 2. The summed E-state index contributed by atoms with van der Waals surface area (Å²) in [6, 6.07) is 32.0. The molecule has 0 aliphatic rings. The molecule has 312 valence electrons. The van der Waals surface area contributed by atoms with E-state index in [9.17, 15) is 0 Å². The second-order valence-corrected chi connectivity index (χ2v) is 17.6. The van der Waals surface area contributed by atoms with E-state index in [0.29, 0.717) is 11.8 Å².